The van der Waals surface area contributed by atoms with Gasteiger partial charge in [0.2, 0.25) is 0 Å². The molecule has 5 heteroatoms. The van der Waals surface area contributed by atoms with Gasteiger partial charge < -0.3 is 5.73 Å². The molecule has 0 aromatic heterocycles. The Bertz CT molecular complexity index is 405. The Labute approximate surface area is 117 Å². The van der Waals surface area contributed by atoms with E-state index in [1.807, 2.05) is 30.3 Å². The molecule has 1 saturated heterocycles. The summed E-state index contributed by atoms with van der Waals surface area (Å²) in [5, 5.41) is 0. The van der Waals surface area contributed by atoms with Crippen LogP contribution in [0, 0.1) is 5.92 Å². The van der Waals surface area contributed by atoms with Gasteiger partial charge in [0.25, 0.3) is 0 Å². The quantitative estimate of drug-likeness (QED) is 0.921. The smallest absolute Gasteiger partial charge is 0.320 e. The summed E-state index contributed by atoms with van der Waals surface area (Å²) in [5.74, 6) is 0.0455. The van der Waals surface area contributed by atoms with Gasteiger partial charge in [0.05, 0.1) is 0 Å². The molecule has 0 saturated carbocycles. The highest BCUT2D eigenvalue weighted by Gasteiger charge is 2.38. The molecule has 2 rings (SSSR count). The average molecular weight is 286 g/mol. The molecule has 0 aliphatic carbocycles. The van der Waals surface area contributed by atoms with E-state index >= 15 is 0 Å². The maximum absolute atomic E-state index is 12.5. The zero-order valence-electron chi connectivity index (χ0n) is 11.4. The van der Waals surface area contributed by atoms with Crippen molar-refractivity contribution in [2.24, 2.45) is 11.7 Å². The van der Waals surface area contributed by atoms with E-state index in [9.17, 15) is 13.2 Å². The van der Waals surface area contributed by atoms with Gasteiger partial charge in [-0.1, -0.05) is 30.3 Å². The minimum Gasteiger partial charge on any atom is -0.320 e. The molecule has 2 nitrogen and oxygen atoms in total. The van der Waals surface area contributed by atoms with Crippen LogP contribution in [-0.2, 0) is 6.54 Å². The standard InChI is InChI=1S/C15H21F3N2/c16-15(17,18)14(19)9-13-7-4-8-20(11-13)10-12-5-2-1-3-6-12/h1-3,5-6,13-14H,4,7-11,19H2. The molecule has 1 aliphatic heterocycles. The number of nitrogens with zero attached hydrogens (tertiary/aromatic N) is 1. The minimum atomic E-state index is -4.28. The highest BCUT2D eigenvalue weighted by molar-refractivity contribution is 5.14. The van der Waals surface area contributed by atoms with Crippen LogP contribution in [0.25, 0.3) is 0 Å². The summed E-state index contributed by atoms with van der Waals surface area (Å²) >= 11 is 0. The molecule has 20 heavy (non-hydrogen) atoms. The predicted octanol–water partition coefficient (Wildman–Crippen LogP) is 3.18. The Morgan fingerprint density at radius 1 is 1.25 bits per heavy atom. The van der Waals surface area contributed by atoms with Crippen LogP contribution >= 0.6 is 0 Å². The molecule has 2 atom stereocenters. The number of hydrogen-bond acceptors (Lipinski definition) is 2. The summed E-state index contributed by atoms with van der Waals surface area (Å²) in [6.07, 6.45) is -2.45. The Morgan fingerprint density at radius 3 is 2.60 bits per heavy atom. The van der Waals surface area contributed by atoms with Crippen LogP contribution in [0.2, 0.25) is 0 Å². The largest absolute Gasteiger partial charge is 0.403 e. The van der Waals surface area contributed by atoms with Gasteiger partial charge in [-0.2, -0.15) is 13.2 Å². The van der Waals surface area contributed by atoms with Crippen molar-refractivity contribution in [3.63, 3.8) is 0 Å². The second kappa shape index (κ2) is 6.59. The van der Waals surface area contributed by atoms with Crippen LogP contribution < -0.4 is 5.73 Å². The lowest BCUT2D eigenvalue weighted by Crippen LogP contribution is -2.43. The van der Waals surface area contributed by atoms with E-state index in [0.29, 0.717) is 6.54 Å². The van der Waals surface area contributed by atoms with Crippen molar-refractivity contribution >= 4 is 0 Å². The van der Waals surface area contributed by atoms with Crippen LogP contribution in [0.4, 0.5) is 13.2 Å². The molecule has 2 unspecified atom stereocenters. The van der Waals surface area contributed by atoms with Gasteiger partial charge in [-0.3, -0.25) is 4.90 Å². The highest BCUT2D eigenvalue weighted by atomic mass is 19.4. The number of piperidine rings is 1. The monoisotopic (exact) mass is 286 g/mol. The van der Waals surface area contributed by atoms with Crippen LogP contribution in [-0.4, -0.2) is 30.2 Å². The summed E-state index contributed by atoms with van der Waals surface area (Å²) in [7, 11) is 0. The van der Waals surface area contributed by atoms with Crippen LogP contribution in [0.15, 0.2) is 30.3 Å². The third-order valence-electron chi connectivity index (χ3n) is 3.86. The number of likely N-dealkylation sites (tertiary alicyclic amines) is 1. The molecule has 0 amide bonds. The lowest BCUT2D eigenvalue weighted by Gasteiger charge is -2.34. The first-order valence-corrected chi connectivity index (χ1v) is 7.03. The molecule has 0 radical (unpaired) electrons. The van der Waals surface area contributed by atoms with Gasteiger partial charge in [-0.15, -0.1) is 0 Å². The molecule has 1 fully saturated rings. The van der Waals surface area contributed by atoms with Gasteiger partial charge in [0.15, 0.2) is 0 Å². The van der Waals surface area contributed by atoms with Crippen molar-refractivity contribution in [2.75, 3.05) is 13.1 Å². The summed E-state index contributed by atoms with van der Waals surface area (Å²) < 4.78 is 37.5. The van der Waals surface area contributed by atoms with Crippen molar-refractivity contribution < 1.29 is 13.2 Å². The van der Waals surface area contributed by atoms with Crippen molar-refractivity contribution in [1.29, 1.82) is 0 Å². The molecule has 1 heterocycles. The molecule has 1 aliphatic rings. The normalized spacial score (nSPS) is 22.7. The van der Waals surface area contributed by atoms with E-state index in [1.54, 1.807) is 0 Å². The van der Waals surface area contributed by atoms with Gasteiger partial charge in [-0.25, -0.2) is 0 Å². The zero-order valence-corrected chi connectivity index (χ0v) is 11.4. The van der Waals surface area contributed by atoms with E-state index in [0.717, 1.165) is 25.9 Å². The molecule has 112 valence electrons. The topological polar surface area (TPSA) is 29.3 Å². The van der Waals surface area contributed by atoms with E-state index in [-0.39, 0.29) is 12.3 Å². The minimum absolute atomic E-state index is 0.0365. The molecule has 0 bridgehead atoms. The van der Waals surface area contributed by atoms with E-state index in [4.69, 9.17) is 5.73 Å². The second-order valence-corrected chi connectivity index (χ2v) is 5.61. The highest BCUT2D eigenvalue weighted by Crippen LogP contribution is 2.28. The zero-order chi connectivity index (χ0) is 14.6. The lowest BCUT2D eigenvalue weighted by atomic mass is 9.91. The summed E-state index contributed by atoms with van der Waals surface area (Å²) in [6.45, 7) is 2.46. The molecular weight excluding hydrogens is 265 g/mol. The molecule has 1 aromatic carbocycles. The van der Waals surface area contributed by atoms with E-state index < -0.39 is 12.2 Å². The van der Waals surface area contributed by atoms with Gasteiger partial charge in [-0.05, 0) is 37.3 Å². The van der Waals surface area contributed by atoms with Crippen LogP contribution in [0.5, 0.6) is 0 Å². The average Bonchev–Trinajstić information content (AvgIpc) is 2.39. The number of alkyl halides is 3. The van der Waals surface area contributed by atoms with Gasteiger partial charge in [0.1, 0.15) is 6.04 Å². The van der Waals surface area contributed by atoms with Crippen molar-refractivity contribution in [1.82, 2.24) is 4.90 Å². The van der Waals surface area contributed by atoms with E-state index in [2.05, 4.69) is 4.90 Å². The lowest BCUT2D eigenvalue weighted by molar-refractivity contribution is -0.152. The summed E-state index contributed by atoms with van der Waals surface area (Å²) in [6, 6.07) is 8.33. The van der Waals surface area contributed by atoms with Crippen LogP contribution in [0.3, 0.4) is 0 Å². The predicted molar refractivity (Wildman–Crippen MR) is 73.1 cm³/mol. The van der Waals surface area contributed by atoms with Crippen molar-refractivity contribution in [3.05, 3.63) is 35.9 Å². The fourth-order valence-corrected chi connectivity index (χ4v) is 2.82. The first kappa shape index (κ1) is 15.3. The first-order valence-electron chi connectivity index (χ1n) is 7.03. The maximum Gasteiger partial charge on any atom is 0.403 e. The number of benzene rings is 1. The van der Waals surface area contributed by atoms with Crippen molar-refractivity contribution in [2.45, 2.75) is 38.0 Å². The maximum atomic E-state index is 12.5. The third kappa shape index (κ3) is 4.49. The Kier molecular flexibility index (Phi) is 5.05. The number of rotatable bonds is 4. The number of halogens is 3. The fraction of sp³-hybridized carbons (Fsp3) is 0.600. The van der Waals surface area contributed by atoms with Crippen LogP contribution in [0.1, 0.15) is 24.8 Å². The third-order valence-corrected chi connectivity index (χ3v) is 3.86. The summed E-state index contributed by atoms with van der Waals surface area (Å²) in [5.41, 5.74) is 6.44. The molecule has 1 aromatic rings. The Morgan fingerprint density at radius 2 is 1.95 bits per heavy atom. The Balaban J connectivity index is 1.86. The molecule has 0 spiro atoms. The van der Waals surface area contributed by atoms with Gasteiger partial charge >= 0.3 is 6.18 Å². The van der Waals surface area contributed by atoms with E-state index in [1.165, 1.54) is 5.56 Å². The van der Waals surface area contributed by atoms with Crippen molar-refractivity contribution in [3.8, 4) is 0 Å². The second-order valence-electron chi connectivity index (χ2n) is 5.61. The number of nitrogens with two attached hydrogens (primary N) is 1. The summed E-state index contributed by atoms with van der Waals surface area (Å²) in [4.78, 5) is 2.23. The molecular formula is C15H21F3N2. The SMILES string of the molecule is NC(CC1CCCN(Cc2ccccc2)C1)C(F)(F)F. The molecule has 2 N–H and O–H groups in total. The van der Waals surface area contributed by atoms with Gasteiger partial charge in [0, 0.05) is 13.1 Å². The Hall–Kier alpha value is -1.07. The first-order chi connectivity index (χ1) is 9.45. The number of hydrogen-bond donors (Lipinski definition) is 1. The fourth-order valence-electron chi connectivity index (χ4n) is 2.82.